The van der Waals surface area contributed by atoms with Gasteiger partial charge in [0.05, 0.1) is 12.7 Å². The van der Waals surface area contributed by atoms with Gasteiger partial charge in [0.2, 0.25) is 0 Å². The Labute approximate surface area is 171 Å². The van der Waals surface area contributed by atoms with Crippen molar-refractivity contribution in [3.05, 3.63) is 32.6 Å². The van der Waals surface area contributed by atoms with Crippen molar-refractivity contribution < 1.29 is 18.6 Å². The van der Waals surface area contributed by atoms with Gasteiger partial charge >= 0.3 is 5.69 Å². The molecular weight excluding hydrogens is 419 g/mol. The molecule has 0 aromatic carbocycles. The maximum atomic E-state index is 12.2. The van der Waals surface area contributed by atoms with Crippen LogP contribution < -0.4 is 11.2 Å². The van der Waals surface area contributed by atoms with Crippen LogP contribution in [0, 0.1) is 6.92 Å². The van der Waals surface area contributed by atoms with Crippen molar-refractivity contribution in [3.63, 3.8) is 0 Å². The van der Waals surface area contributed by atoms with Crippen molar-refractivity contribution in [3.8, 4) is 0 Å². The molecule has 11 heteroatoms. The fourth-order valence-corrected chi connectivity index (χ4v) is 4.76. The minimum Gasteiger partial charge on any atom is -0.414 e. The normalized spacial score (nSPS) is 25.6. The average molecular weight is 451 g/mol. The van der Waals surface area contributed by atoms with E-state index < -0.39 is 44.5 Å². The smallest absolute Gasteiger partial charge is 0.330 e. The van der Waals surface area contributed by atoms with Gasteiger partial charge in [-0.1, -0.05) is 20.8 Å². The van der Waals surface area contributed by atoms with E-state index in [1.165, 1.54) is 17.4 Å². The van der Waals surface area contributed by atoms with E-state index >= 15 is 0 Å². The number of nitrogens with one attached hydrogen (secondary N) is 1. The molecule has 1 aromatic heterocycles. The number of hydrogen-bond acceptors (Lipinski definition) is 6. The quantitative estimate of drug-likeness (QED) is 0.507. The number of hydrogen-bond donors (Lipinski definition) is 2. The Kier molecular flexibility index (Phi) is 6.98. The number of nitrogens with zero attached hydrogens (tertiary/aromatic N) is 1. The molecule has 8 nitrogen and oxygen atoms in total. The van der Waals surface area contributed by atoms with E-state index in [9.17, 15) is 14.5 Å². The second-order valence-electron chi connectivity index (χ2n) is 8.86. The standard InChI is InChI=1S/C17H31N2O6PSSi/c1-11-9-19(16(21)18-15(11)20)14-8-12(25-26(5,22)27)13(24-14)10-23-28(6,7)17(2,3)4/h9,12-14H,8,10H2,1-7H3,(H,22,27)(H,18,20,21)/t12-,13+,14+,26-/m0/s1. The number of aryl methyl sites for hydroxylation is 1. The molecule has 28 heavy (non-hydrogen) atoms. The second-order valence-corrected chi connectivity index (χ2v) is 17.5. The molecule has 0 amide bonds. The molecular formula is C17H31N2O6PSSi. The summed E-state index contributed by atoms with van der Waals surface area (Å²) in [6.45, 7) is 11.2. The van der Waals surface area contributed by atoms with E-state index in [1.54, 1.807) is 6.92 Å². The third kappa shape index (κ3) is 5.72. The fraction of sp³-hybridized carbons (Fsp3) is 0.765. The van der Waals surface area contributed by atoms with E-state index in [2.05, 4.69) is 38.8 Å². The maximum absolute atomic E-state index is 12.2. The lowest BCUT2D eigenvalue weighted by Crippen LogP contribution is -2.44. The monoisotopic (exact) mass is 450 g/mol. The third-order valence-corrected chi connectivity index (χ3v) is 10.8. The van der Waals surface area contributed by atoms with Crippen molar-refractivity contribution in [1.29, 1.82) is 0 Å². The zero-order valence-electron chi connectivity index (χ0n) is 17.5. The molecule has 0 radical (unpaired) electrons. The van der Waals surface area contributed by atoms with Gasteiger partial charge < -0.3 is 18.6 Å². The Morgan fingerprint density at radius 2 is 2.04 bits per heavy atom. The van der Waals surface area contributed by atoms with Crippen molar-refractivity contribution in [2.75, 3.05) is 13.3 Å². The van der Waals surface area contributed by atoms with Crippen LogP contribution in [0.15, 0.2) is 15.8 Å². The highest BCUT2D eigenvalue weighted by molar-refractivity contribution is 8.09. The van der Waals surface area contributed by atoms with Crippen molar-refractivity contribution in [1.82, 2.24) is 9.55 Å². The Hall–Kier alpha value is -0.613. The van der Waals surface area contributed by atoms with Gasteiger partial charge in [0.25, 0.3) is 5.56 Å². The fourth-order valence-electron chi connectivity index (χ4n) is 2.69. The summed E-state index contributed by atoms with van der Waals surface area (Å²) in [7, 11) is -2.02. The van der Waals surface area contributed by atoms with Gasteiger partial charge in [-0.2, -0.15) is 0 Å². The summed E-state index contributed by atoms with van der Waals surface area (Å²) in [6.07, 6.45) is 0.176. The molecule has 2 heterocycles. The zero-order chi connectivity index (χ0) is 21.5. The first-order chi connectivity index (χ1) is 12.6. The summed E-state index contributed by atoms with van der Waals surface area (Å²) in [5, 5.41) is 0.0326. The molecule has 1 saturated heterocycles. The van der Waals surface area contributed by atoms with E-state index in [-0.39, 0.29) is 11.6 Å². The van der Waals surface area contributed by atoms with E-state index in [4.69, 9.17) is 25.5 Å². The molecule has 4 atom stereocenters. The first-order valence-corrected chi connectivity index (χ1v) is 15.2. The van der Waals surface area contributed by atoms with Crippen LogP contribution >= 0.6 is 6.49 Å². The van der Waals surface area contributed by atoms with Crippen LogP contribution in [0.25, 0.3) is 0 Å². The van der Waals surface area contributed by atoms with Crippen LogP contribution in [0.2, 0.25) is 18.1 Å². The van der Waals surface area contributed by atoms with Gasteiger partial charge in [-0.25, -0.2) is 4.79 Å². The molecule has 160 valence electrons. The predicted molar refractivity (Wildman–Crippen MR) is 115 cm³/mol. The molecule has 0 spiro atoms. The molecule has 2 N–H and O–H groups in total. The highest BCUT2D eigenvalue weighted by Gasteiger charge is 2.43. The number of aromatic nitrogens is 2. The van der Waals surface area contributed by atoms with Gasteiger partial charge in [0.1, 0.15) is 12.3 Å². The average Bonchev–Trinajstić information content (AvgIpc) is 2.88. The number of aromatic amines is 1. The van der Waals surface area contributed by atoms with E-state index in [0.717, 1.165) is 0 Å². The SMILES string of the molecule is Cc1cn([C@H]2C[C@H](O[P@](C)(O)=S)[C@@H](CO[Si](C)(C)C(C)(C)C)O2)c(=O)[nH]c1=O. The van der Waals surface area contributed by atoms with Gasteiger partial charge in [-0.3, -0.25) is 14.3 Å². The first-order valence-electron chi connectivity index (χ1n) is 9.21. The van der Waals surface area contributed by atoms with Gasteiger partial charge in [0, 0.05) is 24.8 Å². The Bertz CT molecular complexity index is 872. The Morgan fingerprint density at radius 1 is 1.43 bits per heavy atom. The van der Waals surface area contributed by atoms with Crippen LogP contribution in [0.3, 0.4) is 0 Å². The molecule has 1 aliphatic heterocycles. The largest absolute Gasteiger partial charge is 0.414 e. The Morgan fingerprint density at radius 3 is 2.57 bits per heavy atom. The molecule has 1 aliphatic rings. The molecule has 0 bridgehead atoms. The van der Waals surface area contributed by atoms with Crippen LogP contribution in [0.5, 0.6) is 0 Å². The number of H-pyrrole nitrogens is 1. The topological polar surface area (TPSA) is 103 Å². The second kappa shape index (κ2) is 8.26. The molecule has 0 unspecified atom stereocenters. The highest BCUT2D eigenvalue weighted by Crippen LogP contribution is 2.45. The molecule has 2 rings (SSSR count). The van der Waals surface area contributed by atoms with E-state index in [0.29, 0.717) is 12.0 Å². The lowest BCUT2D eigenvalue weighted by atomic mass is 10.2. The summed E-state index contributed by atoms with van der Waals surface area (Å²) in [5.41, 5.74) is -0.570. The lowest BCUT2D eigenvalue weighted by Gasteiger charge is -2.37. The summed E-state index contributed by atoms with van der Waals surface area (Å²) in [4.78, 5) is 36.2. The molecule has 0 aliphatic carbocycles. The van der Waals surface area contributed by atoms with Crippen LogP contribution in [-0.2, 0) is 25.5 Å². The summed E-state index contributed by atoms with van der Waals surface area (Å²) in [5.74, 6) is 0. The van der Waals surface area contributed by atoms with Gasteiger partial charge in [-0.05, 0) is 36.9 Å². The predicted octanol–water partition coefficient (Wildman–Crippen LogP) is 2.47. The third-order valence-electron chi connectivity index (χ3n) is 5.38. The minimum absolute atomic E-state index is 0.0326. The maximum Gasteiger partial charge on any atom is 0.330 e. The highest BCUT2D eigenvalue weighted by atomic mass is 32.5. The minimum atomic E-state index is -2.93. The summed E-state index contributed by atoms with van der Waals surface area (Å²) in [6, 6.07) is 0. The first kappa shape index (κ1) is 23.7. The van der Waals surface area contributed by atoms with Crippen molar-refractivity contribution >= 4 is 26.6 Å². The van der Waals surface area contributed by atoms with Crippen LogP contribution in [0.1, 0.15) is 39.0 Å². The number of ether oxygens (including phenoxy) is 1. The Balaban J connectivity index is 2.25. The molecule has 1 aromatic rings. The van der Waals surface area contributed by atoms with Gasteiger partial charge in [0.15, 0.2) is 14.8 Å². The van der Waals surface area contributed by atoms with Gasteiger partial charge in [-0.15, -0.1) is 0 Å². The van der Waals surface area contributed by atoms with Crippen molar-refractivity contribution in [2.24, 2.45) is 0 Å². The molecule has 1 fully saturated rings. The molecule has 0 saturated carbocycles. The summed E-state index contributed by atoms with van der Waals surface area (Å²) >= 11 is 5.05. The lowest BCUT2D eigenvalue weighted by molar-refractivity contribution is -0.0393. The van der Waals surface area contributed by atoms with Crippen LogP contribution in [0.4, 0.5) is 0 Å². The van der Waals surface area contributed by atoms with Crippen molar-refractivity contribution in [2.45, 2.75) is 70.7 Å². The van der Waals surface area contributed by atoms with Crippen LogP contribution in [-0.4, -0.2) is 48.2 Å². The number of rotatable bonds is 6. The zero-order valence-corrected chi connectivity index (χ0v) is 20.2. The summed E-state index contributed by atoms with van der Waals surface area (Å²) < 4.78 is 19.4. The van der Waals surface area contributed by atoms with E-state index in [1.807, 2.05) is 0 Å².